The van der Waals surface area contributed by atoms with Crippen LogP contribution in [0.25, 0.3) is 10.9 Å². The molecular formula is C19H19ClN2O2S. The minimum Gasteiger partial charge on any atom is -0.387 e. The Morgan fingerprint density at radius 1 is 1.24 bits per heavy atom. The lowest BCUT2D eigenvalue weighted by molar-refractivity contribution is 0.0471. The number of aliphatic hydroxyl groups is 1. The lowest BCUT2D eigenvalue weighted by Crippen LogP contribution is -2.40. The van der Waals surface area contributed by atoms with E-state index in [0.29, 0.717) is 23.8 Å². The third-order valence-electron chi connectivity index (χ3n) is 4.96. The number of aliphatic hydroxyl groups excluding tert-OH is 1. The first-order valence-electron chi connectivity index (χ1n) is 8.42. The predicted octanol–water partition coefficient (Wildman–Crippen LogP) is 4.47. The number of thiophene rings is 1. The molecule has 4 nitrogen and oxygen atoms in total. The summed E-state index contributed by atoms with van der Waals surface area (Å²) in [6.45, 7) is 1.27. The van der Waals surface area contributed by atoms with E-state index in [1.807, 2.05) is 46.7 Å². The predicted molar refractivity (Wildman–Crippen MR) is 101 cm³/mol. The summed E-state index contributed by atoms with van der Waals surface area (Å²) < 4.78 is 0. The van der Waals surface area contributed by atoms with Crippen molar-refractivity contribution in [2.24, 2.45) is 5.92 Å². The second-order valence-electron chi connectivity index (χ2n) is 6.45. The van der Waals surface area contributed by atoms with Crippen molar-refractivity contribution >= 4 is 39.7 Å². The van der Waals surface area contributed by atoms with Gasteiger partial charge in [-0.1, -0.05) is 35.9 Å². The van der Waals surface area contributed by atoms with E-state index in [1.54, 1.807) is 11.3 Å². The number of carbonyl (C=O) groups excluding carboxylic acids is 1. The van der Waals surface area contributed by atoms with E-state index in [9.17, 15) is 9.90 Å². The van der Waals surface area contributed by atoms with Crippen LogP contribution in [0.5, 0.6) is 0 Å². The van der Waals surface area contributed by atoms with E-state index < -0.39 is 6.10 Å². The van der Waals surface area contributed by atoms with Gasteiger partial charge in [-0.05, 0) is 36.3 Å². The van der Waals surface area contributed by atoms with Crippen LogP contribution >= 0.6 is 22.9 Å². The second-order valence-corrected chi connectivity index (χ2v) is 7.81. The van der Waals surface area contributed by atoms with Gasteiger partial charge in [0.2, 0.25) is 0 Å². The number of aromatic nitrogens is 1. The average molecular weight is 375 g/mol. The second kappa shape index (κ2) is 6.83. The first-order chi connectivity index (χ1) is 12.1. The molecule has 0 spiro atoms. The monoisotopic (exact) mass is 374 g/mol. The summed E-state index contributed by atoms with van der Waals surface area (Å²) in [7, 11) is 0. The van der Waals surface area contributed by atoms with E-state index in [2.05, 4.69) is 4.98 Å². The van der Waals surface area contributed by atoms with Crippen molar-refractivity contribution in [1.82, 2.24) is 9.88 Å². The van der Waals surface area contributed by atoms with Gasteiger partial charge in [0.1, 0.15) is 5.69 Å². The Kier molecular flexibility index (Phi) is 4.54. The molecule has 3 heterocycles. The van der Waals surface area contributed by atoms with Crippen molar-refractivity contribution in [2.75, 3.05) is 13.1 Å². The number of benzene rings is 1. The number of likely N-dealkylation sites (tertiary alicyclic amines) is 1. The Labute approximate surface area is 155 Å². The van der Waals surface area contributed by atoms with Gasteiger partial charge in [0, 0.05) is 28.9 Å². The molecule has 4 rings (SSSR count). The minimum atomic E-state index is -0.436. The van der Waals surface area contributed by atoms with E-state index >= 15 is 0 Å². The molecule has 1 amide bonds. The van der Waals surface area contributed by atoms with Crippen LogP contribution in [0.3, 0.4) is 0 Å². The maximum Gasteiger partial charge on any atom is 0.271 e. The third kappa shape index (κ3) is 3.08. The highest BCUT2D eigenvalue weighted by Gasteiger charge is 2.30. The van der Waals surface area contributed by atoms with Gasteiger partial charge in [-0.15, -0.1) is 11.3 Å². The zero-order chi connectivity index (χ0) is 17.4. The smallest absolute Gasteiger partial charge is 0.271 e. The molecule has 1 fully saturated rings. The molecule has 3 aromatic rings. The van der Waals surface area contributed by atoms with Crippen LogP contribution < -0.4 is 0 Å². The number of nitrogens with zero attached hydrogens (tertiary/aromatic N) is 1. The lowest BCUT2D eigenvalue weighted by Gasteiger charge is -2.33. The van der Waals surface area contributed by atoms with Gasteiger partial charge in [0.25, 0.3) is 5.91 Å². The molecular weight excluding hydrogens is 356 g/mol. The van der Waals surface area contributed by atoms with E-state index in [4.69, 9.17) is 11.6 Å². The van der Waals surface area contributed by atoms with Crippen molar-refractivity contribution in [3.63, 3.8) is 0 Å². The number of nitrogens with one attached hydrogen (secondary N) is 1. The van der Waals surface area contributed by atoms with Crippen LogP contribution in [0.15, 0.2) is 41.8 Å². The summed E-state index contributed by atoms with van der Waals surface area (Å²) in [6.07, 6.45) is 1.15. The van der Waals surface area contributed by atoms with Gasteiger partial charge in [0.15, 0.2) is 0 Å². The molecule has 130 valence electrons. The number of piperidine rings is 1. The number of amides is 1. The zero-order valence-electron chi connectivity index (χ0n) is 13.6. The normalized spacial score (nSPS) is 17.1. The van der Waals surface area contributed by atoms with E-state index in [1.165, 1.54) is 0 Å². The van der Waals surface area contributed by atoms with Crippen molar-refractivity contribution in [3.05, 3.63) is 57.4 Å². The maximum atomic E-state index is 12.8. The first-order valence-corrected chi connectivity index (χ1v) is 9.68. The Hall–Kier alpha value is -1.82. The summed E-state index contributed by atoms with van der Waals surface area (Å²) in [5, 5.41) is 13.8. The molecule has 1 aliphatic rings. The largest absolute Gasteiger partial charge is 0.387 e. The van der Waals surface area contributed by atoms with Crippen LogP contribution in [0.1, 0.15) is 34.3 Å². The Bertz CT molecular complexity index is 882. The number of hydrogen-bond donors (Lipinski definition) is 2. The summed E-state index contributed by atoms with van der Waals surface area (Å²) in [5.41, 5.74) is 1.33. The molecule has 0 radical (unpaired) electrons. The van der Waals surface area contributed by atoms with Gasteiger partial charge < -0.3 is 15.0 Å². The van der Waals surface area contributed by atoms with Crippen LogP contribution in [0, 0.1) is 5.92 Å². The van der Waals surface area contributed by atoms with Crippen molar-refractivity contribution < 1.29 is 9.90 Å². The molecule has 1 aliphatic heterocycles. The lowest BCUT2D eigenvalue weighted by atomic mass is 9.90. The number of aromatic amines is 1. The molecule has 0 aliphatic carbocycles. The van der Waals surface area contributed by atoms with E-state index in [-0.39, 0.29) is 11.8 Å². The van der Waals surface area contributed by atoms with Crippen molar-refractivity contribution in [1.29, 1.82) is 0 Å². The summed E-state index contributed by atoms with van der Waals surface area (Å²) in [4.78, 5) is 18.8. The molecule has 0 bridgehead atoms. The molecule has 2 N–H and O–H groups in total. The molecule has 1 atom stereocenters. The zero-order valence-corrected chi connectivity index (χ0v) is 15.2. The van der Waals surface area contributed by atoms with Crippen LogP contribution in [-0.2, 0) is 0 Å². The fraction of sp³-hybridized carbons (Fsp3) is 0.316. The topological polar surface area (TPSA) is 56.3 Å². The van der Waals surface area contributed by atoms with Gasteiger partial charge in [-0.25, -0.2) is 0 Å². The highest BCUT2D eigenvalue weighted by Crippen LogP contribution is 2.34. The molecule has 1 unspecified atom stereocenters. The molecule has 6 heteroatoms. The summed E-state index contributed by atoms with van der Waals surface area (Å²) in [5.74, 6) is 0.131. The molecule has 0 saturated carbocycles. The minimum absolute atomic E-state index is 0.0646. The Morgan fingerprint density at radius 3 is 2.68 bits per heavy atom. The fourth-order valence-corrected chi connectivity index (χ4v) is 4.62. The number of halogens is 1. The van der Waals surface area contributed by atoms with Crippen molar-refractivity contribution in [2.45, 2.75) is 18.9 Å². The number of fused-ring (bicyclic) bond motifs is 1. The van der Waals surface area contributed by atoms with Crippen LogP contribution in [0.4, 0.5) is 0 Å². The highest BCUT2D eigenvalue weighted by molar-refractivity contribution is 7.10. The van der Waals surface area contributed by atoms with Gasteiger partial charge in [-0.3, -0.25) is 4.79 Å². The van der Waals surface area contributed by atoms with Crippen molar-refractivity contribution in [3.8, 4) is 0 Å². The molecule has 1 aromatic carbocycles. The SMILES string of the molecule is O=C(c1[nH]c2ccccc2c1Cl)N1CCC(C(O)c2cccs2)CC1. The Morgan fingerprint density at radius 2 is 2.00 bits per heavy atom. The molecule has 1 saturated heterocycles. The number of hydrogen-bond acceptors (Lipinski definition) is 3. The van der Waals surface area contributed by atoms with Crippen LogP contribution in [0.2, 0.25) is 5.02 Å². The fourth-order valence-electron chi connectivity index (χ4n) is 3.52. The van der Waals surface area contributed by atoms with Crippen LogP contribution in [-0.4, -0.2) is 34.0 Å². The summed E-state index contributed by atoms with van der Waals surface area (Å²) in [6, 6.07) is 11.6. The molecule has 2 aromatic heterocycles. The number of H-pyrrole nitrogens is 1. The average Bonchev–Trinajstić information content (AvgIpc) is 3.30. The number of rotatable bonds is 3. The Balaban J connectivity index is 1.46. The van der Waals surface area contributed by atoms with Gasteiger partial charge in [0.05, 0.1) is 11.1 Å². The number of carbonyl (C=O) groups is 1. The third-order valence-corrected chi connectivity index (χ3v) is 6.30. The first kappa shape index (κ1) is 16.6. The quantitative estimate of drug-likeness (QED) is 0.710. The van der Waals surface area contributed by atoms with Gasteiger partial charge >= 0.3 is 0 Å². The maximum absolute atomic E-state index is 12.8. The number of para-hydroxylation sites is 1. The standard InChI is InChI=1S/C19H19ClN2O2S/c20-16-13-4-1-2-5-14(13)21-17(16)19(24)22-9-7-12(8-10-22)18(23)15-6-3-11-25-15/h1-6,11-12,18,21,23H,7-10H2. The van der Waals surface area contributed by atoms with E-state index in [0.717, 1.165) is 28.6 Å². The molecule has 25 heavy (non-hydrogen) atoms. The van der Waals surface area contributed by atoms with Gasteiger partial charge in [-0.2, -0.15) is 0 Å². The summed E-state index contributed by atoms with van der Waals surface area (Å²) >= 11 is 7.98. The highest BCUT2D eigenvalue weighted by atomic mass is 35.5.